The fourth-order valence-electron chi connectivity index (χ4n) is 3.23. The number of halogens is 1. The Morgan fingerprint density at radius 2 is 2.11 bits per heavy atom. The van der Waals surface area contributed by atoms with Crippen LogP contribution >= 0.6 is 11.6 Å². The highest BCUT2D eigenvalue weighted by Gasteiger charge is 2.17. The number of fused-ring (bicyclic) bond motifs is 1. The van der Waals surface area contributed by atoms with E-state index in [0.717, 1.165) is 43.0 Å². The lowest BCUT2D eigenvalue weighted by atomic mass is 10.1. The Balaban J connectivity index is 1.41. The number of carbonyl (C=O) groups is 1. The Morgan fingerprint density at radius 1 is 1.29 bits per heavy atom. The summed E-state index contributed by atoms with van der Waals surface area (Å²) in [5.41, 5.74) is 2.19. The maximum Gasteiger partial charge on any atom is 0.257 e. The quantitative estimate of drug-likeness (QED) is 0.688. The Hall–Kier alpha value is -2.93. The molecular formula is C20H20ClN5O2. The van der Waals surface area contributed by atoms with Crippen molar-refractivity contribution in [2.24, 2.45) is 0 Å². The maximum atomic E-state index is 12.4. The Bertz CT molecular complexity index is 1000. The molecule has 0 saturated heterocycles. The number of ether oxygens (including phenoxy) is 1. The zero-order valence-electron chi connectivity index (χ0n) is 15.5. The highest BCUT2D eigenvalue weighted by atomic mass is 35.5. The Morgan fingerprint density at radius 3 is 2.86 bits per heavy atom. The fourth-order valence-corrected chi connectivity index (χ4v) is 3.45. The minimum Gasteiger partial charge on any atom is -0.477 e. The van der Waals surface area contributed by atoms with Crippen molar-refractivity contribution in [2.75, 3.05) is 11.9 Å². The average molecular weight is 398 g/mol. The van der Waals surface area contributed by atoms with Crippen molar-refractivity contribution in [1.82, 2.24) is 19.7 Å². The van der Waals surface area contributed by atoms with Gasteiger partial charge in [0.15, 0.2) is 0 Å². The third kappa shape index (κ3) is 3.84. The SMILES string of the molecule is CCOc1ncc(C(=O)Nc2ccc(Cc3nnc4n3CCC4)cc2)cc1Cl. The lowest BCUT2D eigenvalue weighted by Crippen LogP contribution is -2.12. The van der Waals surface area contributed by atoms with Crippen LogP contribution in [-0.2, 0) is 19.4 Å². The topological polar surface area (TPSA) is 81.9 Å². The second-order valence-electron chi connectivity index (χ2n) is 6.56. The normalized spacial score (nSPS) is 12.6. The van der Waals surface area contributed by atoms with Crippen LogP contribution in [0.15, 0.2) is 36.5 Å². The van der Waals surface area contributed by atoms with Gasteiger partial charge in [-0.05, 0) is 37.1 Å². The standard InChI is InChI=1S/C20H20ClN5O2/c1-2-28-20-16(21)11-14(12-22-20)19(27)23-15-7-5-13(6-8-15)10-18-25-24-17-4-3-9-26(17)18/h5-8,11-12H,2-4,9-10H2,1H3,(H,23,27). The zero-order chi connectivity index (χ0) is 19.5. The number of carbonyl (C=O) groups excluding carboxylic acids is 1. The number of rotatable bonds is 6. The van der Waals surface area contributed by atoms with E-state index in [9.17, 15) is 4.79 Å². The number of amides is 1. The summed E-state index contributed by atoms with van der Waals surface area (Å²) >= 11 is 6.10. The van der Waals surface area contributed by atoms with Gasteiger partial charge in [0.05, 0.1) is 12.2 Å². The zero-order valence-corrected chi connectivity index (χ0v) is 16.2. The summed E-state index contributed by atoms with van der Waals surface area (Å²) in [6.07, 6.45) is 4.31. The number of benzene rings is 1. The summed E-state index contributed by atoms with van der Waals surface area (Å²) < 4.78 is 7.48. The largest absolute Gasteiger partial charge is 0.477 e. The number of nitrogens with one attached hydrogen (secondary N) is 1. The van der Waals surface area contributed by atoms with E-state index in [1.807, 2.05) is 31.2 Å². The highest BCUT2D eigenvalue weighted by molar-refractivity contribution is 6.32. The molecule has 144 valence electrons. The predicted molar refractivity (Wildman–Crippen MR) is 106 cm³/mol. The molecule has 7 nitrogen and oxygen atoms in total. The molecule has 1 aliphatic heterocycles. The third-order valence-electron chi connectivity index (χ3n) is 4.61. The van der Waals surface area contributed by atoms with E-state index >= 15 is 0 Å². The van der Waals surface area contributed by atoms with Crippen molar-refractivity contribution in [3.8, 4) is 5.88 Å². The van der Waals surface area contributed by atoms with Crippen molar-refractivity contribution in [1.29, 1.82) is 0 Å². The number of aryl methyl sites for hydroxylation is 1. The summed E-state index contributed by atoms with van der Waals surface area (Å²) in [6.45, 7) is 3.30. The molecule has 0 saturated carbocycles. The van der Waals surface area contributed by atoms with Crippen LogP contribution in [0.2, 0.25) is 5.02 Å². The lowest BCUT2D eigenvalue weighted by Gasteiger charge is -2.09. The summed E-state index contributed by atoms with van der Waals surface area (Å²) in [4.78, 5) is 16.5. The van der Waals surface area contributed by atoms with E-state index in [4.69, 9.17) is 16.3 Å². The molecule has 8 heteroatoms. The van der Waals surface area contributed by atoms with Gasteiger partial charge in [0, 0.05) is 31.3 Å². The van der Waals surface area contributed by atoms with Crippen LogP contribution in [-0.4, -0.2) is 32.3 Å². The minimum atomic E-state index is -0.277. The van der Waals surface area contributed by atoms with Crippen LogP contribution in [0.4, 0.5) is 5.69 Å². The van der Waals surface area contributed by atoms with Crippen LogP contribution in [0.25, 0.3) is 0 Å². The number of aromatic nitrogens is 4. The molecular weight excluding hydrogens is 378 g/mol. The molecule has 1 N–H and O–H groups in total. The van der Waals surface area contributed by atoms with Crippen LogP contribution in [0.1, 0.15) is 40.9 Å². The van der Waals surface area contributed by atoms with E-state index in [2.05, 4.69) is 25.1 Å². The van der Waals surface area contributed by atoms with Crippen molar-refractivity contribution < 1.29 is 9.53 Å². The molecule has 3 aromatic rings. The first-order valence-electron chi connectivity index (χ1n) is 9.23. The first-order valence-corrected chi connectivity index (χ1v) is 9.61. The van der Waals surface area contributed by atoms with Gasteiger partial charge in [-0.3, -0.25) is 4.79 Å². The lowest BCUT2D eigenvalue weighted by molar-refractivity contribution is 0.102. The van der Waals surface area contributed by atoms with Crippen LogP contribution in [0.3, 0.4) is 0 Å². The average Bonchev–Trinajstić information content (AvgIpc) is 3.30. The van der Waals surface area contributed by atoms with E-state index < -0.39 is 0 Å². The maximum absolute atomic E-state index is 12.4. The fraction of sp³-hybridized carbons (Fsp3) is 0.300. The molecule has 28 heavy (non-hydrogen) atoms. The molecule has 1 aliphatic rings. The summed E-state index contributed by atoms with van der Waals surface area (Å²) in [7, 11) is 0. The van der Waals surface area contributed by atoms with Gasteiger partial charge < -0.3 is 14.6 Å². The molecule has 0 radical (unpaired) electrons. The Labute approximate surface area is 167 Å². The number of nitrogens with zero attached hydrogens (tertiary/aromatic N) is 4. The molecule has 0 bridgehead atoms. The van der Waals surface area contributed by atoms with Gasteiger partial charge in [0.1, 0.15) is 16.7 Å². The first-order chi connectivity index (χ1) is 13.6. The molecule has 1 aromatic carbocycles. The molecule has 0 aliphatic carbocycles. The number of hydrogen-bond acceptors (Lipinski definition) is 5. The van der Waals surface area contributed by atoms with Crippen molar-refractivity contribution in [3.63, 3.8) is 0 Å². The van der Waals surface area contributed by atoms with Gasteiger partial charge in [0.2, 0.25) is 5.88 Å². The van der Waals surface area contributed by atoms with Crippen molar-refractivity contribution in [2.45, 2.75) is 32.7 Å². The number of hydrogen-bond donors (Lipinski definition) is 1. The molecule has 1 amide bonds. The molecule has 0 fully saturated rings. The molecule has 0 atom stereocenters. The van der Waals surface area contributed by atoms with Gasteiger partial charge >= 0.3 is 0 Å². The van der Waals surface area contributed by atoms with Crippen LogP contribution in [0, 0.1) is 0 Å². The van der Waals surface area contributed by atoms with Gasteiger partial charge in [-0.25, -0.2) is 4.98 Å². The first kappa shape index (κ1) is 18.4. The smallest absolute Gasteiger partial charge is 0.257 e. The van der Waals surface area contributed by atoms with Crippen molar-refractivity contribution in [3.05, 3.63) is 64.3 Å². The van der Waals surface area contributed by atoms with Gasteiger partial charge in [-0.15, -0.1) is 10.2 Å². The van der Waals surface area contributed by atoms with Crippen LogP contribution < -0.4 is 10.1 Å². The third-order valence-corrected chi connectivity index (χ3v) is 4.88. The monoisotopic (exact) mass is 397 g/mol. The predicted octanol–water partition coefficient (Wildman–Crippen LogP) is 3.51. The van der Waals surface area contributed by atoms with E-state index in [-0.39, 0.29) is 5.91 Å². The molecule has 2 aromatic heterocycles. The molecule has 0 unspecified atom stereocenters. The number of anilines is 1. The van der Waals surface area contributed by atoms with Gasteiger partial charge in [0.25, 0.3) is 5.91 Å². The summed E-state index contributed by atoms with van der Waals surface area (Å²) in [5.74, 6) is 2.10. The number of pyridine rings is 1. The summed E-state index contributed by atoms with van der Waals surface area (Å²) in [6, 6.07) is 9.26. The van der Waals surface area contributed by atoms with E-state index in [0.29, 0.717) is 28.8 Å². The van der Waals surface area contributed by atoms with Gasteiger partial charge in [-0.2, -0.15) is 0 Å². The van der Waals surface area contributed by atoms with E-state index in [1.54, 1.807) is 6.07 Å². The second-order valence-corrected chi connectivity index (χ2v) is 6.97. The molecule has 4 rings (SSSR count). The minimum absolute atomic E-state index is 0.277. The van der Waals surface area contributed by atoms with E-state index in [1.165, 1.54) is 6.20 Å². The molecule has 3 heterocycles. The Kier molecular flexibility index (Phi) is 5.25. The summed E-state index contributed by atoms with van der Waals surface area (Å²) in [5, 5.41) is 11.7. The molecule has 0 spiro atoms. The van der Waals surface area contributed by atoms with Crippen molar-refractivity contribution >= 4 is 23.2 Å². The van der Waals surface area contributed by atoms with Gasteiger partial charge in [-0.1, -0.05) is 23.7 Å². The van der Waals surface area contributed by atoms with Crippen LogP contribution in [0.5, 0.6) is 5.88 Å². The highest BCUT2D eigenvalue weighted by Crippen LogP contribution is 2.23. The second kappa shape index (κ2) is 7.98.